The van der Waals surface area contributed by atoms with Crippen molar-refractivity contribution < 1.29 is 9.26 Å². The van der Waals surface area contributed by atoms with Crippen molar-refractivity contribution in [3.63, 3.8) is 0 Å². The molecule has 2 fully saturated rings. The van der Waals surface area contributed by atoms with Crippen LogP contribution in [0.1, 0.15) is 50.2 Å². The molecule has 1 saturated heterocycles. The van der Waals surface area contributed by atoms with E-state index in [2.05, 4.69) is 10.1 Å². The van der Waals surface area contributed by atoms with E-state index in [1.165, 1.54) is 6.42 Å². The number of aryl methyl sites for hydroxylation is 1. The van der Waals surface area contributed by atoms with Gasteiger partial charge in [-0.05, 0) is 38.5 Å². The molecule has 0 spiro atoms. The molecule has 5 nitrogen and oxygen atoms in total. The summed E-state index contributed by atoms with van der Waals surface area (Å²) in [4.78, 5) is 4.41. The van der Waals surface area contributed by atoms with Gasteiger partial charge in [-0.25, -0.2) is 0 Å². The fraction of sp³-hybridized carbons (Fsp3) is 0.833. The molecule has 1 aromatic rings. The van der Waals surface area contributed by atoms with Gasteiger partial charge >= 0.3 is 0 Å². The molecule has 0 radical (unpaired) electrons. The Morgan fingerprint density at radius 3 is 2.88 bits per heavy atom. The van der Waals surface area contributed by atoms with Gasteiger partial charge in [0, 0.05) is 13.0 Å². The highest BCUT2D eigenvalue weighted by molar-refractivity contribution is 5.08. The monoisotopic (exact) mass is 237 g/mol. The molecular weight excluding hydrogens is 218 g/mol. The molecule has 94 valence electrons. The zero-order chi connectivity index (χ0) is 11.7. The van der Waals surface area contributed by atoms with Crippen LogP contribution in [0.25, 0.3) is 0 Å². The molecule has 0 aromatic carbocycles. The Hall–Kier alpha value is -0.940. The Morgan fingerprint density at radius 1 is 1.35 bits per heavy atom. The number of aromatic nitrogens is 2. The minimum atomic E-state index is -0.314. The Labute approximate surface area is 101 Å². The molecule has 17 heavy (non-hydrogen) atoms. The van der Waals surface area contributed by atoms with Crippen LogP contribution in [0.15, 0.2) is 4.52 Å². The molecule has 1 aromatic heterocycles. The normalized spacial score (nSPS) is 27.0. The predicted molar refractivity (Wildman–Crippen MR) is 61.3 cm³/mol. The molecule has 0 bridgehead atoms. The third-order valence-corrected chi connectivity index (χ3v) is 3.86. The van der Waals surface area contributed by atoms with Gasteiger partial charge in [0.25, 0.3) is 0 Å². The van der Waals surface area contributed by atoms with Gasteiger partial charge in [-0.3, -0.25) is 0 Å². The smallest absolute Gasteiger partial charge is 0.226 e. The maximum absolute atomic E-state index is 6.15. The van der Waals surface area contributed by atoms with Crippen LogP contribution in [-0.2, 0) is 16.7 Å². The molecule has 5 heteroatoms. The Bertz CT molecular complexity index is 381. The van der Waals surface area contributed by atoms with Gasteiger partial charge in [0.15, 0.2) is 5.82 Å². The lowest BCUT2D eigenvalue weighted by Crippen LogP contribution is -2.44. The van der Waals surface area contributed by atoms with E-state index in [4.69, 9.17) is 15.0 Å². The van der Waals surface area contributed by atoms with E-state index in [0.29, 0.717) is 17.8 Å². The first-order valence-electron chi connectivity index (χ1n) is 6.50. The summed E-state index contributed by atoms with van der Waals surface area (Å²) in [7, 11) is 0. The zero-order valence-corrected chi connectivity index (χ0v) is 10.0. The average molecular weight is 237 g/mol. The minimum absolute atomic E-state index is 0.314. The van der Waals surface area contributed by atoms with Crippen LogP contribution in [0.4, 0.5) is 0 Å². The molecule has 1 aliphatic carbocycles. The van der Waals surface area contributed by atoms with Crippen molar-refractivity contribution in [3.05, 3.63) is 11.7 Å². The first kappa shape index (κ1) is 11.2. The summed E-state index contributed by atoms with van der Waals surface area (Å²) in [5.41, 5.74) is 5.83. The fourth-order valence-electron chi connectivity index (χ4n) is 2.50. The number of nitrogens with zero attached hydrogens (tertiary/aromatic N) is 2. The molecule has 1 atom stereocenters. The summed E-state index contributed by atoms with van der Waals surface area (Å²) >= 11 is 0. The summed E-state index contributed by atoms with van der Waals surface area (Å²) in [6.45, 7) is 0.895. The summed E-state index contributed by atoms with van der Waals surface area (Å²) in [6, 6.07) is 0. The molecule has 1 unspecified atom stereocenters. The van der Waals surface area contributed by atoms with Crippen molar-refractivity contribution >= 4 is 0 Å². The number of ether oxygens (including phenoxy) is 1. The third kappa shape index (κ3) is 2.21. The highest BCUT2D eigenvalue weighted by atomic mass is 16.5. The van der Waals surface area contributed by atoms with Crippen molar-refractivity contribution in [1.29, 1.82) is 0 Å². The molecule has 2 N–H and O–H groups in total. The van der Waals surface area contributed by atoms with Crippen LogP contribution in [0, 0.1) is 0 Å². The van der Waals surface area contributed by atoms with E-state index >= 15 is 0 Å². The first-order chi connectivity index (χ1) is 8.26. The highest BCUT2D eigenvalue weighted by Gasteiger charge is 2.38. The van der Waals surface area contributed by atoms with Crippen molar-refractivity contribution in [3.8, 4) is 0 Å². The van der Waals surface area contributed by atoms with E-state index in [-0.39, 0.29) is 5.54 Å². The Morgan fingerprint density at radius 2 is 2.24 bits per heavy atom. The van der Waals surface area contributed by atoms with Crippen LogP contribution in [0.2, 0.25) is 0 Å². The van der Waals surface area contributed by atoms with Gasteiger partial charge in [0.05, 0.1) is 11.6 Å². The molecule has 0 amide bonds. The van der Waals surface area contributed by atoms with Gasteiger partial charge in [0.2, 0.25) is 5.89 Å². The van der Waals surface area contributed by atoms with Crippen LogP contribution < -0.4 is 5.73 Å². The quantitative estimate of drug-likeness (QED) is 0.859. The molecule has 2 aliphatic rings. The van der Waals surface area contributed by atoms with Gasteiger partial charge in [-0.15, -0.1) is 0 Å². The number of nitrogens with two attached hydrogens (primary N) is 1. The number of hydrogen-bond acceptors (Lipinski definition) is 5. The summed E-state index contributed by atoms with van der Waals surface area (Å²) < 4.78 is 10.8. The van der Waals surface area contributed by atoms with E-state index in [0.717, 1.165) is 45.1 Å². The third-order valence-electron chi connectivity index (χ3n) is 3.86. The maximum Gasteiger partial charge on any atom is 0.226 e. The van der Waals surface area contributed by atoms with Crippen LogP contribution in [-0.4, -0.2) is 22.9 Å². The second-order valence-corrected chi connectivity index (χ2v) is 5.20. The topological polar surface area (TPSA) is 74.2 Å². The van der Waals surface area contributed by atoms with E-state index in [9.17, 15) is 0 Å². The molecular formula is C12H19N3O2. The van der Waals surface area contributed by atoms with Crippen LogP contribution in [0.5, 0.6) is 0 Å². The van der Waals surface area contributed by atoms with E-state index in [1.807, 2.05) is 0 Å². The van der Waals surface area contributed by atoms with Gasteiger partial charge in [-0.1, -0.05) is 5.16 Å². The SMILES string of the molecule is NC1(c2noc(CCC3CCCO3)n2)CCC1. The van der Waals surface area contributed by atoms with Gasteiger partial charge in [-0.2, -0.15) is 4.98 Å². The van der Waals surface area contributed by atoms with E-state index in [1.54, 1.807) is 0 Å². The van der Waals surface area contributed by atoms with E-state index < -0.39 is 0 Å². The van der Waals surface area contributed by atoms with Gasteiger partial charge < -0.3 is 15.0 Å². The van der Waals surface area contributed by atoms with Crippen molar-refractivity contribution in [2.75, 3.05) is 6.61 Å². The van der Waals surface area contributed by atoms with Crippen molar-refractivity contribution in [2.24, 2.45) is 5.73 Å². The highest BCUT2D eigenvalue weighted by Crippen LogP contribution is 2.36. The van der Waals surface area contributed by atoms with Crippen LogP contribution >= 0.6 is 0 Å². The lowest BCUT2D eigenvalue weighted by atomic mass is 9.77. The molecule has 1 saturated carbocycles. The maximum atomic E-state index is 6.15. The average Bonchev–Trinajstić information content (AvgIpc) is 2.94. The molecule has 1 aliphatic heterocycles. The van der Waals surface area contributed by atoms with Crippen molar-refractivity contribution in [1.82, 2.24) is 10.1 Å². The second-order valence-electron chi connectivity index (χ2n) is 5.20. The van der Waals surface area contributed by atoms with Gasteiger partial charge in [0.1, 0.15) is 0 Å². The van der Waals surface area contributed by atoms with Crippen LogP contribution in [0.3, 0.4) is 0 Å². The first-order valence-corrected chi connectivity index (χ1v) is 6.50. The lowest BCUT2D eigenvalue weighted by Gasteiger charge is -2.34. The summed E-state index contributed by atoms with van der Waals surface area (Å²) in [5.74, 6) is 1.39. The summed E-state index contributed by atoms with van der Waals surface area (Å²) in [5, 5.41) is 4.00. The fourth-order valence-corrected chi connectivity index (χ4v) is 2.50. The molecule has 3 rings (SSSR count). The Kier molecular flexibility index (Phi) is 2.88. The molecule has 2 heterocycles. The standard InChI is InChI=1S/C12H19N3O2/c13-12(6-2-7-12)11-14-10(17-15-11)5-4-9-3-1-8-16-9/h9H,1-8,13H2. The number of hydrogen-bond donors (Lipinski definition) is 1. The Balaban J connectivity index is 1.56. The minimum Gasteiger partial charge on any atom is -0.378 e. The van der Waals surface area contributed by atoms with Crippen molar-refractivity contribution in [2.45, 2.75) is 56.6 Å². The lowest BCUT2D eigenvalue weighted by molar-refractivity contribution is 0.102. The second kappa shape index (κ2) is 4.38. The summed E-state index contributed by atoms with van der Waals surface area (Å²) in [6.07, 6.45) is 7.58. The zero-order valence-electron chi connectivity index (χ0n) is 10.0. The predicted octanol–water partition coefficient (Wildman–Crippen LogP) is 1.52. The largest absolute Gasteiger partial charge is 0.378 e. The number of rotatable bonds is 4.